The zero-order chi connectivity index (χ0) is 9.90. The van der Waals surface area contributed by atoms with Gasteiger partial charge in [-0.05, 0) is 31.6 Å². The number of hydrogen-bond donors (Lipinski definition) is 1. The first-order valence-corrected chi connectivity index (χ1v) is 4.99. The fraction of sp³-hybridized carbons (Fsp3) is 0.900. The van der Waals surface area contributed by atoms with Crippen LogP contribution < -0.4 is 5.73 Å². The van der Waals surface area contributed by atoms with Crippen LogP contribution in [0.5, 0.6) is 0 Å². The van der Waals surface area contributed by atoms with Gasteiger partial charge in [0.05, 0.1) is 7.11 Å². The van der Waals surface area contributed by atoms with Gasteiger partial charge in [-0.25, -0.2) is 0 Å². The zero-order valence-electron chi connectivity index (χ0n) is 8.51. The Morgan fingerprint density at radius 1 is 1.54 bits per heavy atom. The average molecular weight is 185 g/mol. The van der Waals surface area contributed by atoms with Crippen LogP contribution in [-0.4, -0.2) is 18.6 Å². The Morgan fingerprint density at radius 3 is 2.46 bits per heavy atom. The molecule has 1 fully saturated rings. The van der Waals surface area contributed by atoms with Gasteiger partial charge in [-0.3, -0.25) is 4.79 Å². The molecular weight excluding hydrogens is 166 g/mol. The van der Waals surface area contributed by atoms with Crippen molar-refractivity contribution in [3.05, 3.63) is 0 Å². The van der Waals surface area contributed by atoms with Crippen LogP contribution in [0, 0.1) is 5.92 Å². The molecule has 0 aliphatic heterocycles. The topological polar surface area (TPSA) is 52.3 Å². The van der Waals surface area contributed by atoms with E-state index in [9.17, 15) is 4.79 Å². The lowest BCUT2D eigenvalue weighted by atomic mass is 9.76. The molecule has 0 unspecified atom stereocenters. The molecule has 0 aromatic rings. The molecule has 0 spiro atoms. The summed E-state index contributed by atoms with van der Waals surface area (Å²) in [5, 5.41) is 0. The summed E-state index contributed by atoms with van der Waals surface area (Å²) < 4.78 is 4.70. The highest BCUT2D eigenvalue weighted by Gasteiger charge is 2.38. The lowest BCUT2D eigenvalue weighted by Crippen LogP contribution is -2.51. The number of ether oxygens (including phenoxy) is 1. The monoisotopic (exact) mass is 185 g/mol. The summed E-state index contributed by atoms with van der Waals surface area (Å²) in [6.45, 7) is 2.19. The van der Waals surface area contributed by atoms with Crippen molar-refractivity contribution in [2.24, 2.45) is 11.7 Å². The van der Waals surface area contributed by atoms with Crippen LogP contribution in [0.3, 0.4) is 0 Å². The molecular formula is C10H19NO2. The Hall–Kier alpha value is -0.570. The van der Waals surface area contributed by atoms with Crippen LogP contribution in [0.4, 0.5) is 0 Å². The summed E-state index contributed by atoms with van der Waals surface area (Å²) >= 11 is 0. The largest absolute Gasteiger partial charge is 0.468 e. The third-order valence-corrected chi connectivity index (χ3v) is 3.17. The van der Waals surface area contributed by atoms with Gasteiger partial charge in [0.1, 0.15) is 5.54 Å². The molecule has 0 atom stereocenters. The van der Waals surface area contributed by atoms with Crippen molar-refractivity contribution >= 4 is 5.97 Å². The Morgan fingerprint density at radius 2 is 2.08 bits per heavy atom. The van der Waals surface area contributed by atoms with Crippen LogP contribution in [-0.2, 0) is 9.53 Å². The van der Waals surface area contributed by atoms with Crippen molar-refractivity contribution < 1.29 is 9.53 Å². The van der Waals surface area contributed by atoms with E-state index in [4.69, 9.17) is 10.5 Å². The highest BCUT2D eigenvalue weighted by molar-refractivity contribution is 5.80. The minimum absolute atomic E-state index is 0.248. The molecule has 1 aliphatic rings. The number of hydrogen-bond acceptors (Lipinski definition) is 3. The number of carbonyl (C=O) groups excluding carboxylic acids is 1. The predicted octanol–water partition coefficient (Wildman–Crippen LogP) is 1.46. The molecule has 2 N–H and O–H groups in total. The minimum Gasteiger partial charge on any atom is -0.468 e. The Kier molecular flexibility index (Phi) is 3.31. The van der Waals surface area contributed by atoms with Crippen molar-refractivity contribution in [1.82, 2.24) is 0 Å². The molecule has 76 valence electrons. The van der Waals surface area contributed by atoms with Crippen LogP contribution in [0.2, 0.25) is 0 Å². The molecule has 1 saturated carbocycles. The van der Waals surface area contributed by atoms with Crippen molar-refractivity contribution in [1.29, 1.82) is 0 Å². The summed E-state index contributed by atoms with van der Waals surface area (Å²) in [6, 6.07) is 0. The molecule has 3 heteroatoms. The second-order valence-electron chi connectivity index (χ2n) is 4.00. The van der Waals surface area contributed by atoms with Crippen LogP contribution in [0.1, 0.15) is 39.0 Å². The lowest BCUT2D eigenvalue weighted by molar-refractivity contribution is -0.148. The van der Waals surface area contributed by atoms with Crippen molar-refractivity contribution in [2.75, 3.05) is 7.11 Å². The average Bonchev–Trinajstić information content (AvgIpc) is 2.18. The number of carbonyl (C=O) groups is 1. The van der Waals surface area contributed by atoms with Gasteiger partial charge in [0.2, 0.25) is 0 Å². The predicted molar refractivity (Wildman–Crippen MR) is 51.2 cm³/mol. The maximum absolute atomic E-state index is 11.3. The first-order chi connectivity index (χ1) is 6.12. The van der Waals surface area contributed by atoms with Gasteiger partial charge in [-0.15, -0.1) is 0 Å². The van der Waals surface area contributed by atoms with Crippen molar-refractivity contribution in [2.45, 2.75) is 44.6 Å². The molecule has 0 heterocycles. The molecule has 1 aliphatic carbocycles. The van der Waals surface area contributed by atoms with E-state index in [1.165, 1.54) is 13.5 Å². The fourth-order valence-electron chi connectivity index (χ4n) is 2.01. The molecule has 1 rings (SSSR count). The molecule has 0 amide bonds. The molecule has 3 nitrogen and oxygen atoms in total. The van der Waals surface area contributed by atoms with Gasteiger partial charge in [0, 0.05) is 0 Å². The standard InChI is InChI=1S/C10H19NO2/c1-3-8-4-6-10(11,7-5-8)9(12)13-2/h8H,3-7,11H2,1-2H3/t8-,10-. The first kappa shape index (κ1) is 10.5. The van der Waals surface area contributed by atoms with E-state index in [1.54, 1.807) is 0 Å². The number of nitrogens with two attached hydrogens (primary N) is 1. The van der Waals surface area contributed by atoms with Gasteiger partial charge in [0.15, 0.2) is 0 Å². The maximum atomic E-state index is 11.3. The Balaban J connectivity index is 2.51. The molecule has 0 aromatic carbocycles. The fourth-order valence-corrected chi connectivity index (χ4v) is 2.01. The zero-order valence-corrected chi connectivity index (χ0v) is 8.51. The second kappa shape index (κ2) is 4.09. The maximum Gasteiger partial charge on any atom is 0.325 e. The SMILES string of the molecule is CC[C@H]1CC[C@@](N)(C(=O)OC)CC1. The van der Waals surface area contributed by atoms with Gasteiger partial charge in [0.25, 0.3) is 0 Å². The summed E-state index contributed by atoms with van der Waals surface area (Å²) in [6.07, 6.45) is 4.86. The van der Waals surface area contributed by atoms with Gasteiger partial charge in [-0.1, -0.05) is 13.3 Å². The van der Waals surface area contributed by atoms with E-state index in [1.807, 2.05) is 0 Å². The minimum atomic E-state index is -0.694. The highest BCUT2D eigenvalue weighted by Crippen LogP contribution is 2.32. The molecule has 0 radical (unpaired) electrons. The van der Waals surface area contributed by atoms with E-state index >= 15 is 0 Å². The summed E-state index contributed by atoms with van der Waals surface area (Å²) in [7, 11) is 1.41. The summed E-state index contributed by atoms with van der Waals surface area (Å²) in [5.74, 6) is 0.503. The van der Waals surface area contributed by atoms with Crippen LogP contribution in [0.25, 0.3) is 0 Å². The molecule has 0 aromatic heterocycles. The third-order valence-electron chi connectivity index (χ3n) is 3.17. The van der Waals surface area contributed by atoms with Gasteiger partial charge < -0.3 is 10.5 Å². The van der Waals surface area contributed by atoms with Crippen molar-refractivity contribution in [3.8, 4) is 0 Å². The smallest absolute Gasteiger partial charge is 0.325 e. The molecule has 13 heavy (non-hydrogen) atoms. The molecule has 0 saturated heterocycles. The summed E-state index contributed by atoms with van der Waals surface area (Å²) in [4.78, 5) is 11.3. The highest BCUT2D eigenvalue weighted by atomic mass is 16.5. The quantitative estimate of drug-likeness (QED) is 0.662. The Labute approximate surface area is 79.6 Å². The number of esters is 1. The van der Waals surface area contributed by atoms with E-state index in [-0.39, 0.29) is 5.97 Å². The molecule has 0 bridgehead atoms. The number of methoxy groups -OCH3 is 1. The Bertz CT molecular complexity index is 183. The van der Waals surface area contributed by atoms with Crippen molar-refractivity contribution in [3.63, 3.8) is 0 Å². The van der Waals surface area contributed by atoms with E-state index < -0.39 is 5.54 Å². The third kappa shape index (κ3) is 2.21. The normalized spacial score (nSPS) is 34.2. The van der Waals surface area contributed by atoms with E-state index in [2.05, 4.69) is 6.92 Å². The van der Waals surface area contributed by atoms with Gasteiger partial charge >= 0.3 is 5.97 Å². The summed E-state index contributed by atoms with van der Waals surface area (Å²) in [5.41, 5.74) is 5.26. The number of rotatable bonds is 2. The van der Waals surface area contributed by atoms with Gasteiger partial charge in [-0.2, -0.15) is 0 Å². The van der Waals surface area contributed by atoms with E-state index in [0.717, 1.165) is 31.6 Å². The van der Waals surface area contributed by atoms with Crippen LogP contribution in [0.15, 0.2) is 0 Å². The first-order valence-electron chi connectivity index (χ1n) is 4.99. The van der Waals surface area contributed by atoms with E-state index in [0.29, 0.717) is 0 Å². The second-order valence-corrected chi connectivity index (χ2v) is 4.00. The lowest BCUT2D eigenvalue weighted by Gasteiger charge is -2.34. The van der Waals surface area contributed by atoms with Crippen LogP contribution >= 0.6 is 0 Å².